The molecule has 0 fully saturated rings. The van der Waals surface area contributed by atoms with Crippen molar-refractivity contribution >= 4 is 41.4 Å². The fourth-order valence-electron chi connectivity index (χ4n) is 5.75. The number of aliphatic carboxylic acids is 4. The Morgan fingerprint density at radius 3 is 1.29 bits per heavy atom. The Morgan fingerprint density at radius 2 is 0.857 bits per heavy atom. The molecular formula is C37H63NO11. The predicted octanol–water partition coefficient (Wildman–Crippen LogP) is 7.20. The molecule has 0 aromatic heterocycles. The lowest BCUT2D eigenvalue weighted by molar-refractivity contribution is -0.145. The molecule has 282 valence electrons. The molecule has 0 saturated carbocycles. The van der Waals surface area contributed by atoms with E-state index in [1.165, 1.54) is 38.5 Å². The summed E-state index contributed by atoms with van der Waals surface area (Å²) in [6.07, 6.45) is 16.5. The lowest BCUT2D eigenvalue weighted by Crippen LogP contribution is -2.27. The molecule has 49 heavy (non-hydrogen) atoms. The predicted molar refractivity (Wildman–Crippen MR) is 185 cm³/mol. The fraction of sp³-hybridized carbons (Fsp3) is 0.811. The summed E-state index contributed by atoms with van der Waals surface area (Å²) >= 11 is 0. The summed E-state index contributed by atoms with van der Waals surface area (Å²) in [5.41, 5.74) is 0. The summed E-state index contributed by atoms with van der Waals surface area (Å²) in [6.45, 7) is 1.96. The van der Waals surface area contributed by atoms with Crippen molar-refractivity contribution in [2.45, 2.75) is 167 Å². The standard InChI is InChI=1S/C37H63NO11/c1-28(35(44)45)18-16-17-25-38-33(41)24-22-30(37(48)49)27-32(40)23-21-29(36(46)47)26-31(39)19-14-12-10-8-6-4-2-3-5-7-9-11-13-15-20-34(42)43/h28-30H,2-27H2,1H3,(H,38,41)(H,42,43)(H,44,45)(H,46,47)(H,48,49)/t28-,29+,30+/m0/s1. The Balaban J connectivity index is 4.07. The van der Waals surface area contributed by atoms with Crippen LogP contribution in [0.4, 0.5) is 0 Å². The third-order valence-corrected chi connectivity index (χ3v) is 9.04. The number of carbonyl (C=O) groups excluding carboxylic acids is 3. The maximum absolute atomic E-state index is 12.5. The van der Waals surface area contributed by atoms with Crippen LogP contribution in [0.15, 0.2) is 0 Å². The van der Waals surface area contributed by atoms with Gasteiger partial charge in [0.1, 0.15) is 11.6 Å². The zero-order chi connectivity index (χ0) is 36.9. The number of hydrogen-bond acceptors (Lipinski definition) is 7. The maximum atomic E-state index is 12.5. The molecule has 0 bridgehead atoms. The fourth-order valence-corrected chi connectivity index (χ4v) is 5.75. The van der Waals surface area contributed by atoms with E-state index in [2.05, 4.69) is 5.32 Å². The van der Waals surface area contributed by atoms with Crippen molar-refractivity contribution in [2.75, 3.05) is 6.54 Å². The van der Waals surface area contributed by atoms with E-state index in [0.29, 0.717) is 38.6 Å². The van der Waals surface area contributed by atoms with Crippen LogP contribution in [0.3, 0.4) is 0 Å². The van der Waals surface area contributed by atoms with Crippen LogP contribution in [-0.4, -0.2) is 68.3 Å². The summed E-state index contributed by atoms with van der Waals surface area (Å²) in [7, 11) is 0. The number of rotatable bonds is 35. The molecule has 3 atom stereocenters. The van der Waals surface area contributed by atoms with E-state index < -0.39 is 47.4 Å². The molecule has 1 amide bonds. The normalized spacial score (nSPS) is 12.9. The molecule has 0 heterocycles. The van der Waals surface area contributed by atoms with Gasteiger partial charge in [-0.25, -0.2) is 0 Å². The number of Topliss-reactive ketones (excluding diaryl/α,β-unsaturated/α-hetero) is 2. The van der Waals surface area contributed by atoms with Crippen molar-refractivity contribution in [3.05, 3.63) is 0 Å². The van der Waals surface area contributed by atoms with Gasteiger partial charge in [-0.15, -0.1) is 0 Å². The second-order valence-electron chi connectivity index (χ2n) is 13.6. The van der Waals surface area contributed by atoms with Gasteiger partial charge in [0, 0.05) is 45.1 Å². The van der Waals surface area contributed by atoms with Gasteiger partial charge in [0.05, 0.1) is 17.8 Å². The van der Waals surface area contributed by atoms with Crippen LogP contribution < -0.4 is 5.32 Å². The largest absolute Gasteiger partial charge is 0.481 e. The van der Waals surface area contributed by atoms with Gasteiger partial charge in [-0.2, -0.15) is 0 Å². The van der Waals surface area contributed by atoms with Crippen molar-refractivity contribution < 1.29 is 54.0 Å². The zero-order valence-electron chi connectivity index (χ0n) is 29.8. The Bertz CT molecular complexity index is 997. The van der Waals surface area contributed by atoms with Crippen LogP contribution in [0.2, 0.25) is 0 Å². The Labute approximate surface area is 292 Å². The molecule has 0 radical (unpaired) electrons. The van der Waals surface area contributed by atoms with Crippen LogP contribution in [0, 0.1) is 17.8 Å². The van der Waals surface area contributed by atoms with Gasteiger partial charge < -0.3 is 25.7 Å². The van der Waals surface area contributed by atoms with Crippen molar-refractivity contribution in [3.63, 3.8) is 0 Å². The number of hydrogen-bond donors (Lipinski definition) is 5. The van der Waals surface area contributed by atoms with Crippen LogP contribution in [-0.2, 0) is 33.6 Å². The second kappa shape index (κ2) is 29.6. The van der Waals surface area contributed by atoms with E-state index in [1.807, 2.05) is 0 Å². The third-order valence-electron chi connectivity index (χ3n) is 9.04. The highest BCUT2D eigenvalue weighted by atomic mass is 16.4. The maximum Gasteiger partial charge on any atom is 0.306 e. The topological polar surface area (TPSA) is 212 Å². The average molecular weight is 698 g/mol. The number of carboxylic acid groups (broad SMARTS) is 4. The van der Waals surface area contributed by atoms with E-state index in [1.54, 1.807) is 6.92 Å². The zero-order valence-corrected chi connectivity index (χ0v) is 29.8. The van der Waals surface area contributed by atoms with Crippen LogP contribution in [0.25, 0.3) is 0 Å². The first kappa shape index (κ1) is 45.7. The summed E-state index contributed by atoms with van der Waals surface area (Å²) in [6, 6.07) is 0. The summed E-state index contributed by atoms with van der Waals surface area (Å²) < 4.78 is 0. The van der Waals surface area contributed by atoms with E-state index >= 15 is 0 Å². The van der Waals surface area contributed by atoms with Crippen LogP contribution in [0.5, 0.6) is 0 Å². The summed E-state index contributed by atoms with van der Waals surface area (Å²) in [5, 5.41) is 39.3. The first-order valence-corrected chi connectivity index (χ1v) is 18.5. The molecule has 12 nitrogen and oxygen atoms in total. The highest BCUT2D eigenvalue weighted by Gasteiger charge is 2.25. The molecule has 5 N–H and O–H groups in total. The monoisotopic (exact) mass is 697 g/mol. The molecule has 0 aliphatic carbocycles. The SMILES string of the molecule is C[C@@H](CCCCNC(=O)CC[C@H](CC(=O)CC[C@H](CC(=O)CCCCCCCCCCCCCCCCC(=O)O)C(=O)O)C(=O)O)C(=O)O. The lowest BCUT2D eigenvalue weighted by atomic mass is 9.90. The minimum Gasteiger partial charge on any atom is -0.481 e. The molecule has 12 heteroatoms. The van der Waals surface area contributed by atoms with E-state index in [9.17, 15) is 43.8 Å². The van der Waals surface area contributed by atoms with Gasteiger partial charge in [-0.3, -0.25) is 33.6 Å². The van der Waals surface area contributed by atoms with Crippen molar-refractivity contribution in [1.82, 2.24) is 5.32 Å². The number of unbranched alkanes of at least 4 members (excludes halogenated alkanes) is 14. The first-order valence-electron chi connectivity index (χ1n) is 18.5. The van der Waals surface area contributed by atoms with Gasteiger partial charge in [-0.1, -0.05) is 90.4 Å². The van der Waals surface area contributed by atoms with Gasteiger partial charge >= 0.3 is 23.9 Å². The first-order chi connectivity index (χ1) is 23.3. The highest BCUT2D eigenvalue weighted by molar-refractivity contribution is 5.86. The summed E-state index contributed by atoms with van der Waals surface area (Å²) in [4.78, 5) is 81.8. The molecule has 0 spiro atoms. The van der Waals surface area contributed by atoms with Crippen molar-refractivity contribution in [3.8, 4) is 0 Å². The molecule has 0 aliphatic heterocycles. The molecule has 0 aromatic rings. The van der Waals surface area contributed by atoms with Crippen LogP contribution >= 0.6 is 0 Å². The molecule has 0 aliphatic rings. The van der Waals surface area contributed by atoms with Gasteiger partial charge in [-0.05, 0) is 38.5 Å². The number of nitrogens with one attached hydrogen (secondary N) is 1. The van der Waals surface area contributed by atoms with Gasteiger partial charge in [0.25, 0.3) is 0 Å². The summed E-state index contributed by atoms with van der Waals surface area (Å²) in [5.74, 6) is -7.38. The third kappa shape index (κ3) is 28.3. The minimum absolute atomic E-state index is 0.0380. The smallest absolute Gasteiger partial charge is 0.306 e. The molecule has 0 unspecified atom stereocenters. The number of carbonyl (C=O) groups is 7. The molecule has 0 aromatic carbocycles. The number of carboxylic acids is 4. The van der Waals surface area contributed by atoms with E-state index in [-0.39, 0.29) is 56.6 Å². The van der Waals surface area contributed by atoms with Crippen molar-refractivity contribution in [1.29, 1.82) is 0 Å². The Kier molecular flexibility index (Phi) is 27.6. The minimum atomic E-state index is -1.21. The number of amides is 1. The molecular weight excluding hydrogens is 634 g/mol. The van der Waals surface area contributed by atoms with Gasteiger partial charge in [0.15, 0.2) is 0 Å². The average Bonchev–Trinajstić information content (AvgIpc) is 3.03. The van der Waals surface area contributed by atoms with Crippen molar-refractivity contribution in [2.24, 2.45) is 17.8 Å². The lowest BCUT2D eigenvalue weighted by Gasteiger charge is -2.14. The Morgan fingerprint density at radius 1 is 0.449 bits per heavy atom. The van der Waals surface area contributed by atoms with Crippen LogP contribution in [0.1, 0.15) is 167 Å². The quantitative estimate of drug-likeness (QED) is 0.0418. The molecule has 0 rings (SSSR count). The Hall–Kier alpha value is -3.31. The van der Waals surface area contributed by atoms with E-state index in [0.717, 1.165) is 44.9 Å². The van der Waals surface area contributed by atoms with E-state index in [4.69, 9.17) is 10.2 Å². The highest BCUT2D eigenvalue weighted by Crippen LogP contribution is 2.20. The molecule has 0 saturated heterocycles. The second-order valence-corrected chi connectivity index (χ2v) is 13.6. The van der Waals surface area contributed by atoms with Gasteiger partial charge in [0.2, 0.25) is 5.91 Å². The number of ketones is 2.